The molecule has 6 heteroatoms. The lowest BCUT2D eigenvalue weighted by Gasteiger charge is -2.24. The van der Waals surface area contributed by atoms with Gasteiger partial charge >= 0.3 is 0 Å². The Hall–Kier alpha value is -3.12. The number of thiophene rings is 1. The van der Waals surface area contributed by atoms with Gasteiger partial charge in [-0.1, -0.05) is 24.3 Å². The lowest BCUT2D eigenvalue weighted by atomic mass is 9.85. The molecule has 1 atom stereocenters. The maximum atomic E-state index is 13.0. The van der Waals surface area contributed by atoms with E-state index in [4.69, 9.17) is 4.74 Å². The van der Waals surface area contributed by atoms with Crippen LogP contribution in [0.3, 0.4) is 0 Å². The van der Waals surface area contributed by atoms with Gasteiger partial charge in [0.2, 0.25) is 5.91 Å². The van der Waals surface area contributed by atoms with Crippen LogP contribution in [0.1, 0.15) is 44.3 Å². The molecule has 3 aromatic rings. The molecule has 0 aliphatic carbocycles. The number of benzene rings is 2. The maximum absolute atomic E-state index is 13.0. The van der Waals surface area contributed by atoms with E-state index in [2.05, 4.69) is 10.6 Å². The molecule has 0 spiro atoms. The van der Waals surface area contributed by atoms with Gasteiger partial charge in [0.15, 0.2) is 0 Å². The molecule has 0 bridgehead atoms. The van der Waals surface area contributed by atoms with Gasteiger partial charge in [-0.05, 0) is 60.4 Å². The highest BCUT2D eigenvalue weighted by Gasteiger charge is 2.33. The first-order chi connectivity index (χ1) is 14.0. The van der Waals surface area contributed by atoms with Crippen LogP contribution >= 0.6 is 11.3 Å². The topological polar surface area (TPSA) is 67.4 Å². The highest BCUT2D eigenvalue weighted by molar-refractivity contribution is 7.18. The summed E-state index contributed by atoms with van der Waals surface area (Å²) in [6.45, 7) is 3.93. The molecular weight excluding hydrogens is 384 g/mol. The number of amides is 2. The summed E-state index contributed by atoms with van der Waals surface area (Å²) in [7, 11) is 1.63. The van der Waals surface area contributed by atoms with Gasteiger partial charge in [-0.15, -0.1) is 11.3 Å². The SMILES string of the molecule is COc1cccc([C@H]2CC(=O)Nc3sc(C(=O)Nc4cccc(C)c4)c(C)c32)c1. The lowest BCUT2D eigenvalue weighted by Crippen LogP contribution is -2.22. The number of methoxy groups -OCH3 is 1. The molecule has 1 aliphatic rings. The van der Waals surface area contributed by atoms with Crippen LogP contribution in [0.4, 0.5) is 10.7 Å². The molecule has 5 nitrogen and oxygen atoms in total. The second-order valence-corrected chi connectivity index (χ2v) is 8.22. The van der Waals surface area contributed by atoms with Crippen molar-refractivity contribution in [3.05, 3.63) is 75.7 Å². The first-order valence-corrected chi connectivity index (χ1v) is 10.2. The monoisotopic (exact) mass is 406 g/mol. The molecule has 0 saturated heterocycles. The van der Waals surface area contributed by atoms with Crippen molar-refractivity contribution in [3.8, 4) is 5.75 Å². The maximum Gasteiger partial charge on any atom is 0.266 e. The highest BCUT2D eigenvalue weighted by atomic mass is 32.1. The lowest BCUT2D eigenvalue weighted by molar-refractivity contribution is -0.116. The molecule has 0 saturated carbocycles. The third-order valence-electron chi connectivity index (χ3n) is 5.16. The van der Waals surface area contributed by atoms with Crippen LogP contribution in [0.15, 0.2) is 48.5 Å². The average molecular weight is 407 g/mol. The fraction of sp³-hybridized carbons (Fsp3) is 0.217. The van der Waals surface area contributed by atoms with Gasteiger partial charge in [0.1, 0.15) is 5.75 Å². The fourth-order valence-corrected chi connectivity index (χ4v) is 4.95. The normalized spacial score (nSPS) is 15.4. The number of hydrogen-bond donors (Lipinski definition) is 2. The predicted molar refractivity (Wildman–Crippen MR) is 116 cm³/mol. The van der Waals surface area contributed by atoms with E-state index < -0.39 is 0 Å². The van der Waals surface area contributed by atoms with Gasteiger partial charge in [0.05, 0.1) is 17.0 Å². The Bertz CT molecular complexity index is 1100. The summed E-state index contributed by atoms with van der Waals surface area (Å²) < 4.78 is 5.35. The second kappa shape index (κ2) is 7.72. The molecule has 0 unspecified atom stereocenters. The Kier molecular flexibility index (Phi) is 5.11. The quantitative estimate of drug-likeness (QED) is 0.633. The van der Waals surface area contributed by atoms with Crippen molar-refractivity contribution in [3.63, 3.8) is 0 Å². The van der Waals surface area contributed by atoms with E-state index in [1.165, 1.54) is 11.3 Å². The Morgan fingerprint density at radius 3 is 2.72 bits per heavy atom. The van der Waals surface area contributed by atoms with Gasteiger partial charge in [0, 0.05) is 18.0 Å². The standard InChI is InChI=1S/C23H22N2O3S/c1-13-6-4-8-16(10-13)24-22(27)21-14(2)20-18(12-19(26)25-23(20)29-21)15-7-5-9-17(11-15)28-3/h4-11,18H,12H2,1-3H3,(H,24,27)(H,25,26)/t18-/m1/s1. The number of carbonyl (C=O) groups excluding carboxylic acids is 2. The Morgan fingerprint density at radius 2 is 1.97 bits per heavy atom. The highest BCUT2D eigenvalue weighted by Crippen LogP contribution is 2.45. The number of rotatable bonds is 4. The van der Waals surface area contributed by atoms with Crippen LogP contribution in [-0.4, -0.2) is 18.9 Å². The largest absolute Gasteiger partial charge is 0.497 e. The molecule has 0 radical (unpaired) electrons. The predicted octanol–water partition coefficient (Wildman–Crippen LogP) is 5.10. The first kappa shape index (κ1) is 19.2. The summed E-state index contributed by atoms with van der Waals surface area (Å²) in [6, 6.07) is 15.5. The molecule has 1 aliphatic heterocycles. The minimum Gasteiger partial charge on any atom is -0.497 e. The smallest absolute Gasteiger partial charge is 0.266 e. The number of hydrogen-bond acceptors (Lipinski definition) is 4. The van der Waals surface area contributed by atoms with Crippen LogP contribution in [0, 0.1) is 13.8 Å². The number of anilines is 2. The Balaban J connectivity index is 1.71. The van der Waals surface area contributed by atoms with E-state index in [0.717, 1.165) is 38.7 Å². The number of ether oxygens (including phenoxy) is 1. The minimum absolute atomic E-state index is 0.0442. The van der Waals surface area contributed by atoms with Crippen LogP contribution < -0.4 is 15.4 Å². The summed E-state index contributed by atoms with van der Waals surface area (Å²) in [5, 5.41) is 6.67. The number of fused-ring (bicyclic) bond motifs is 1. The Labute approximate surface area is 173 Å². The zero-order chi connectivity index (χ0) is 20.5. The molecule has 29 heavy (non-hydrogen) atoms. The van der Waals surface area contributed by atoms with E-state index in [-0.39, 0.29) is 17.7 Å². The van der Waals surface area contributed by atoms with Crippen LogP contribution in [0.25, 0.3) is 0 Å². The number of aryl methyl sites for hydroxylation is 1. The molecule has 4 rings (SSSR count). The van der Waals surface area contributed by atoms with E-state index >= 15 is 0 Å². The van der Waals surface area contributed by atoms with Gasteiger partial charge in [-0.2, -0.15) is 0 Å². The van der Waals surface area contributed by atoms with Crippen molar-refractivity contribution in [1.29, 1.82) is 0 Å². The second-order valence-electron chi connectivity index (χ2n) is 7.20. The van der Waals surface area contributed by atoms with Gasteiger partial charge in [0.25, 0.3) is 5.91 Å². The zero-order valence-corrected chi connectivity index (χ0v) is 17.4. The van der Waals surface area contributed by atoms with Crippen LogP contribution in [0.2, 0.25) is 0 Å². The molecular formula is C23H22N2O3S. The average Bonchev–Trinajstić information content (AvgIpc) is 3.04. The first-order valence-electron chi connectivity index (χ1n) is 9.41. The number of nitrogens with one attached hydrogen (secondary N) is 2. The molecule has 0 fully saturated rings. The molecule has 2 heterocycles. The van der Waals surface area contributed by atoms with E-state index in [9.17, 15) is 9.59 Å². The third-order valence-corrected chi connectivity index (χ3v) is 6.38. The van der Waals surface area contributed by atoms with Crippen molar-refractivity contribution < 1.29 is 14.3 Å². The molecule has 2 amide bonds. The summed E-state index contributed by atoms with van der Waals surface area (Å²) >= 11 is 1.33. The van der Waals surface area contributed by atoms with Gasteiger partial charge in [-0.25, -0.2) is 0 Å². The summed E-state index contributed by atoms with van der Waals surface area (Å²) in [5.41, 5.74) is 4.76. The Morgan fingerprint density at radius 1 is 1.17 bits per heavy atom. The van der Waals surface area contributed by atoms with Gasteiger partial charge < -0.3 is 15.4 Å². The zero-order valence-electron chi connectivity index (χ0n) is 16.5. The minimum atomic E-state index is -0.161. The van der Waals surface area contributed by atoms with Crippen molar-refractivity contribution >= 4 is 33.8 Å². The fourth-order valence-electron chi connectivity index (χ4n) is 3.77. The number of carbonyl (C=O) groups is 2. The van der Waals surface area contributed by atoms with Crippen molar-refractivity contribution in [2.75, 3.05) is 17.7 Å². The van der Waals surface area contributed by atoms with E-state index in [1.54, 1.807) is 7.11 Å². The van der Waals surface area contributed by atoms with E-state index in [1.807, 2.05) is 62.4 Å². The summed E-state index contributed by atoms with van der Waals surface area (Å²) in [4.78, 5) is 25.9. The molecule has 148 valence electrons. The molecule has 2 aromatic carbocycles. The summed E-state index contributed by atoms with van der Waals surface area (Å²) in [5.74, 6) is 0.439. The van der Waals surface area contributed by atoms with E-state index in [0.29, 0.717) is 11.3 Å². The van der Waals surface area contributed by atoms with Crippen molar-refractivity contribution in [1.82, 2.24) is 0 Å². The van der Waals surface area contributed by atoms with Crippen molar-refractivity contribution in [2.45, 2.75) is 26.2 Å². The van der Waals surface area contributed by atoms with Crippen LogP contribution in [0.5, 0.6) is 5.75 Å². The third kappa shape index (κ3) is 3.76. The van der Waals surface area contributed by atoms with Crippen LogP contribution in [-0.2, 0) is 4.79 Å². The van der Waals surface area contributed by atoms with Gasteiger partial charge in [-0.3, -0.25) is 9.59 Å². The van der Waals surface area contributed by atoms with Crippen molar-refractivity contribution in [2.24, 2.45) is 0 Å². The summed E-state index contributed by atoms with van der Waals surface area (Å²) in [6.07, 6.45) is 0.344. The molecule has 2 N–H and O–H groups in total. The molecule has 1 aromatic heterocycles.